The number of benzene rings is 2. The first kappa shape index (κ1) is 14.8. The van der Waals surface area contributed by atoms with Crippen LogP contribution in [0, 0.1) is 5.92 Å². The van der Waals surface area contributed by atoms with Gasteiger partial charge in [0.2, 0.25) is 0 Å². The van der Waals surface area contributed by atoms with Gasteiger partial charge in [-0.1, -0.05) is 42.5 Å². The minimum atomic E-state index is 0.543. The molecule has 0 aromatic heterocycles. The van der Waals surface area contributed by atoms with Gasteiger partial charge in [-0.25, -0.2) is 0 Å². The van der Waals surface area contributed by atoms with Gasteiger partial charge >= 0.3 is 0 Å². The first-order valence-electron chi connectivity index (χ1n) is 8.80. The van der Waals surface area contributed by atoms with Crippen LogP contribution in [0.5, 0.6) is 0 Å². The van der Waals surface area contributed by atoms with E-state index >= 15 is 0 Å². The number of hydrogen-bond donors (Lipinski definition) is 0. The maximum Gasteiger partial charge on any atom is 0.0429 e. The first-order valence-corrected chi connectivity index (χ1v) is 8.80. The van der Waals surface area contributed by atoms with Crippen LogP contribution >= 0.6 is 0 Å². The van der Waals surface area contributed by atoms with E-state index in [1.54, 1.807) is 5.56 Å². The number of rotatable bonds is 1. The Morgan fingerprint density at radius 3 is 2.26 bits per heavy atom. The van der Waals surface area contributed by atoms with Crippen molar-refractivity contribution >= 4 is 5.69 Å². The Labute approximate surface area is 139 Å². The van der Waals surface area contributed by atoms with Crippen LogP contribution in [0.25, 0.3) is 0 Å². The molecule has 2 aliphatic heterocycles. The fourth-order valence-electron chi connectivity index (χ4n) is 4.46. The van der Waals surface area contributed by atoms with Crippen LogP contribution in [0.1, 0.15) is 35.4 Å². The maximum absolute atomic E-state index is 2.47. The average molecular weight is 306 g/mol. The summed E-state index contributed by atoms with van der Waals surface area (Å²) in [4.78, 5) is 4.89. The van der Waals surface area contributed by atoms with Crippen LogP contribution in [0.3, 0.4) is 0 Å². The summed E-state index contributed by atoms with van der Waals surface area (Å²) in [6.45, 7) is 3.46. The second-order valence-electron chi connectivity index (χ2n) is 7.23. The number of para-hydroxylation sites is 1. The molecule has 0 amide bonds. The lowest BCUT2D eigenvalue weighted by molar-refractivity contribution is 0.207. The molecule has 2 aromatic rings. The molecule has 2 heterocycles. The van der Waals surface area contributed by atoms with Gasteiger partial charge in [0.1, 0.15) is 0 Å². The summed E-state index contributed by atoms with van der Waals surface area (Å²) in [6, 6.07) is 18.1. The highest BCUT2D eigenvalue weighted by molar-refractivity contribution is 5.60. The smallest absolute Gasteiger partial charge is 0.0429 e. The molecule has 0 spiro atoms. The van der Waals surface area contributed by atoms with Crippen LogP contribution < -0.4 is 4.90 Å². The Morgan fingerprint density at radius 1 is 0.826 bits per heavy atom. The molecule has 2 nitrogen and oxygen atoms in total. The molecule has 2 aliphatic rings. The largest absolute Gasteiger partial charge is 0.370 e. The van der Waals surface area contributed by atoms with Crippen molar-refractivity contribution in [1.82, 2.24) is 4.90 Å². The average Bonchev–Trinajstić information content (AvgIpc) is 2.70. The number of nitrogens with zero attached hydrogens (tertiary/aromatic N) is 2. The van der Waals surface area contributed by atoms with E-state index in [0.29, 0.717) is 5.92 Å². The van der Waals surface area contributed by atoms with Crippen molar-refractivity contribution in [2.45, 2.75) is 25.3 Å². The highest BCUT2D eigenvalue weighted by Crippen LogP contribution is 2.45. The Hall–Kier alpha value is -1.80. The predicted molar refractivity (Wildman–Crippen MR) is 97.1 cm³/mol. The second kappa shape index (κ2) is 6.01. The lowest BCUT2D eigenvalue weighted by atomic mass is 9.75. The van der Waals surface area contributed by atoms with Crippen molar-refractivity contribution in [2.24, 2.45) is 5.92 Å². The number of anilines is 1. The molecule has 2 aromatic carbocycles. The highest BCUT2D eigenvalue weighted by atomic mass is 15.1. The molecule has 0 N–H and O–H groups in total. The summed E-state index contributed by atoms with van der Waals surface area (Å²) in [5.41, 5.74) is 5.98. The molecule has 2 heteroatoms. The number of piperidine rings is 1. The molecular formula is C21H26N2. The fraction of sp³-hybridized carbons (Fsp3) is 0.429. The van der Waals surface area contributed by atoms with Gasteiger partial charge in [0, 0.05) is 25.2 Å². The van der Waals surface area contributed by atoms with E-state index in [9.17, 15) is 0 Å². The molecule has 23 heavy (non-hydrogen) atoms. The Morgan fingerprint density at radius 2 is 1.48 bits per heavy atom. The maximum atomic E-state index is 2.47. The van der Waals surface area contributed by atoms with Crippen molar-refractivity contribution in [3.05, 3.63) is 65.2 Å². The molecule has 1 fully saturated rings. The second-order valence-corrected chi connectivity index (χ2v) is 7.23. The minimum absolute atomic E-state index is 0.543. The molecule has 1 saturated heterocycles. The van der Waals surface area contributed by atoms with E-state index < -0.39 is 0 Å². The van der Waals surface area contributed by atoms with Crippen LogP contribution in [0.15, 0.2) is 48.5 Å². The zero-order valence-electron chi connectivity index (χ0n) is 14.2. The molecule has 0 bridgehead atoms. The number of fused-ring (bicyclic) bond motifs is 2. The molecule has 1 atom stereocenters. The third-order valence-electron chi connectivity index (χ3n) is 5.72. The zero-order valence-corrected chi connectivity index (χ0v) is 14.2. The van der Waals surface area contributed by atoms with Crippen molar-refractivity contribution in [3.63, 3.8) is 0 Å². The zero-order chi connectivity index (χ0) is 15.8. The molecule has 0 radical (unpaired) electrons. The Bertz CT molecular complexity index is 686. The molecule has 120 valence electrons. The predicted octanol–water partition coefficient (Wildman–Crippen LogP) is 4.11. The monoisotopic (exact) mass is 306 g/mol. The SMILES string of the molecule is CN1CCC(C2c3ccccc3CN(C)c3ccccc32)CC1. The van der Waals surface area contributed by atoms with E-state index in [1.807, 2.05) is 0 Å². The van der Waals surface area contributed by atoms with Gasteiger partial charge < -0.3 is 9.80 Å². The lowest BCUT2D eigenvalue weighted by Gasteiger charge is -2.35. The molecular weight excluding hydrogens is 280 g/mol. The van der Waals surface area contributed by atoms with Gasteiger partial charge in [0.25, 0.3) is 0 Å². The van der Waals surface area contributed by atoms with Crippen molar-refractivity contribution in [2.75, 3.05) is 32.1 Å². The first-order chi connectivity index (χ1) is 11.2. The molecule has 0 aliphatic carbocycles. The van der Waals surface area contributed by atoms with Gasteiger partial charge in [0.05, 0.1) is 0 Å². The van der Waals surface area contributed by atoms with E-state index in [1.165, 1.54) is 42.7 Å². The van der Waals surface area contributed by atoms with Gasteiger partial charge in [-0.05, 0) is 61.7 Å². The molecule has 0 saturated carbocycles. The van der Waals surface area contributed by atoms with Crippen LogP contribution in [0.4, 0.5) is 5.69 Å². The van der Waals surface area contributed by atoms with Gasteiger partial charge in [0.15, 0.2) is 0 Å². The fourth-order valence-corrected chi connectivity index (χ4v) is 4.46. The quantitative estimate of drug-likeness (QED) is 0.782. The molecule has 1 unspecified atom stereocenters. The summed E-state index contributed by atoms with van der Waals surface area (Å²) in [6.07, 6.45) is 2.60. The van der Waals surface area contributed by atoms with Crippen LogP contribution in [0.2, 0.25) is 0 Å². The number of hydrogen-bond acceptors (Lipinski definition) is 2. The summed E-state index contributed by atoms with van der Waals surface area (Å²) < 4.78 is 0. The van der Waals surface area contributed by atoms with Crippen molar-refractivity contribution in [1.29, 1.82) is 0 Å². The summed E-state index contributed by atoms with van der Waals surface area (Å²) in [5, 5.41) is 0. The van der Waals surface area contributed by atoms with Crippen LogP contribution in [-0.2, 0) is 6.54 Å². The van der Waals surface area contributed by atoms with Crippen LogP contribution in [-0.4, -0.2) is 32.1 Å². The highest BCUT2D eigenvalue weighted by Gasteiger charge is 2.33. The lowest BCUT2D eigenvalue weighted by Crippen LogP contribution is -2.33. The Kier molecular flexibility index (Phi) is 3.86. The van der Waals surface area contributed by atoms with Gasteiger partial charge in [-0.3, -0.25) is 0 Å². The van der Waals surface area contributed by atoms with E-state index in [4.69, 9.17) is 0 Å². The summed E-state index contributed by atoms with van der Waals surface area (Å²) in [5.74, 6) is 1.29. The third-order valence-corrected chi connectivity index (χ3v) is 5.72. The van der Waals surface area contributed by atoms with Gasteiger partial charge in [-0.15, -0.1) is 0 Å². The number of likely N-dealkylation sites (tertiary alicyclic amines) is 1. The van der Waals surface area contributed by atoms with Crippen molar-refractivity contribution < 1.29 is 0 Å². The van der Waals surface area contributed by atoms with Gasteiger partial charge in [-0.2, -0.15) is 0 Å². The summed E-state index contributed by atoms with van der Waals surface area (Å²) in [7, 11) is 4.48. The van der Waals surface area contributed by atoms with E-state index in [2.05, 4.69) is 72.4 Å². The Balaban J connectivity index is 1.84. The van der Waals surface area contributed by atoms with Crippen molar-refractivity contribution in [3.8, 4) is 0 Å². The van der Waals surface area contributed by atoms with E-state index in [-0.39, 0.29) is 0 Å². The van der Waals surface area contributed by atoms with E-state index in [0.717, 1.165) is 12.5 Å². The standard InChI is InChI=1S/C21H26N2/c1-22-13-11-16(12-14-22)21-18-8-4-3-7-17(18)15-23(2)20-10-6-5-9-19(20)21/h3-10,16,21H,11-15H2,1-2H3. The topological polar surface area (TPSA) is 6.48 Å². The molecule has 4 rings (SSSR count). The normalized spacial score (nSPS) is 22.3. The third kappa shape index (κ3) is 2.66. The summed E-state index contributed by atoms with van der Waals surface area (Å²) >= 11 is 0. The minimum Gasteiger partial charge on any atom is -0.370 e.